The third-order valence-corrected chi connectivity index (χ3v) is 5.87. The van der Waals surface area contributed by atoms with E-state index in [9.17, 15) is 0 Å². The Balaban J connectivity index is 1.60. The molecule has 0 bridgehead atoms. The molecule has 28 heavy (non-hydrogen) atoms. The first kappa shape index (κ1) is 19.2. The molecule has 6 nitrogen and oxygen atoms in total. The van der Waals surface area contributed by atoms with Crippen LogP contribution in [-0.4, -0.2) is 37.0 Å². The Morgan fingerprint density at radius 1 is 1.18 bits per heavy atom. The maximum Gasteiger partial charge on any atom is 0.168 e. The molecule has 0 radical (unpaired) electrons. The van der Waals surface area contributed by atoms with Gasteiger partial charge in [-0.15, -0.1) is 0 Å². The highest BCUT2D eigenvalue weighted by Crippen LogP contribution is 2.30. The van der Waals surface area contributed by atoms with Crippen LogP contribution in [0.15, 0.2) is 48.0 Å². The predicted octanol–water partition coefficient (Wildman–Crippen LogP) is 4.37. The van der Waals surface area contributed by atoms with Gasteiger partial charge >= 0.3 is 0 Å². The zero-order valence-corrected chi connectivity index (χ0v) is 17.5. The van der Waals surface area contributed by atoms with Crippen LogP contribution in [0.5, 0.6) is 0 Å². The van der Waals surface area contributed by atoms with Crippen molar-refractivity contribution in [2.24, 2.45) is 0 Å². The molecule has 3 heterocycles. The van der Waals surface area contributed by atoms with Crippen molar-refractivity contribution < 1.29 is 4.74 Å². The first-order valence-electron chi connectivity index (χ1n) is 9.77. The zero-order valence-electron chi connectivity index (χ0n) is 16.7. The third kappa shape index (κ3) is 4.15. The molecule has 7 heteroatoms. The topological polar surface area (TPSA) is 57.8 Å². The largest absolute Gasteiger partial charge is 0.376 e. The second-order valence-corrected chi connectivity index (χ2v) is 9.03. The fraction of sp³-hybridized carbons (Fsp3) is 0.476. The number of ether oxygens (including phenoxy) is 1. The molecule has 0 spiro atoms. The molecule has 0 N–H and O–H groups in total. The number of nitrogens with zero attached hydrogens (tertiary/aromatic N) is 5. The summed E-state index contributed by atoms with van der Waals surface area (Å²) in [4.78, 5) is 9.20. The van der Waals surface area contributed by atoms with Gasteiger partial charge in [-0.3, -0.25) is 0 Å². The van der Waals surface area contributed by atoms with Gasteiger partial charge in [-0.1, -0.05) is 42.1 Å². The summed E-state index contributed by atoms with van der Waals surface area (Å²) in [6.07, 6.45) is 6.11. The summed E-state index contributed by atoms with van der Waals surface area (Å²) >= 11 is 1.71. The summed E-state index contributed by atoms with van der Waals surface area (Å²) in [5.41, 5.74) is 2.22. The Morgan fingerprint density at radius 2 is 2.00 bits per heavy atom. The molecular weight excluding hydrogens is 370 g/mol. The van der Waals surface area contributed by atoms with Gasteiger partial charge < -0.3 is 9.30 Å². The van der Waals surface area contributed by atoms with Gasteiger partial charge in [0.25, 0.3) is 0 Å². The minimum Gasteiger partial charge on any atom is -0.376 e. The monoisotopic (exact) mass is 397 g/mol. The van der Waals surface area contributed by atoms with Gasteiger partial charge in [0, 0.05) is 6.61 Å². The number of hydrogen-bond acceptors (Lipinski definition) is 5. The number of thioether (sulfide) groups is 1. The summed E-state index contributed by atoms with van der Waals surface area (Å²) in [5.74, 6) is 1.69. The normalized spacial score (nSPS) is 17.3. The first-order valence-corrected chi connectivity index (χ1v) is 10.8. The summed E-state index contributed by atoms with van der Waals surface area (Å²) in [6, 6.07) is 10.4. The highest BCUT2D eigenvalue weighted by atomic mass is 32.2. The Labute approximate surface area is 170 Å². The SMILES string of the molecule is CC(C)(C)n1ncnc1CSc1ncc(-c2ccccc2)n1CC1CCCO1. The number of imidazole rings is 1. The van der Waals surface area contributed by atoms with Gasteiger partial charge in [-0.2, -0.15) is 5.10 Å². The molecule has 3 aromatic rings. The van der Waals surface area contributed by atoms with Crippen molar-refractivity contribution in [3.05, 3.63) is 48.7 Å². The fourth-order valence-corrected chi connectivity index (χ4v) is 4.45. The number of hydrogen-bond donors (Lipinski definition) is 0. The van der Waals surface area contributed by atoms with Crippen LogP contribution in [0.3, 0.4) is 0 Å². The van der Waals surface area contributed by atoms with Crippen molar-refractivity contribution in [1.82, 2.24) is 24.3 Å². The Kier molecular flexibility index (Phi) is 5.55. The second-order valence-electron chi connectivity index (χ2n) is 8.09. The standard InChI is InChI=1S/C21H27N5OS/c1-21(2,3)26-19(23-15-24-26)14-28-20-22-12-18(16-8-5-4-6-9-16)25(20)13-17-10-7-11-27-17/h4-6,8-9,12,15,17H,7,10-11,13-14H2,1-3H3. The lowest BCUT2D eigenvalue weighted by molar-refractivity contribution is 0.0954. The van der Waals surface area contributed by atoms with E-state index in [4.69, 9.17) is 9.72 Å². The van der Waals surface area contributed by atoms with E-state index in [1.54, 1.807) is 18.1 Å². The van der Waals surface area contributed by atoms with Gasteiger partial charge in [0.1, 0.15) is 12.2 Å². The van der Waals surface area contributed by atoms with E-state index in [1.165, 1.54) is 5.56 Å². The summed E-state index contributed by atoms with van der Waals surface area (Å²) in [7, 11) is 0. The van der Waals surface area contributed by atoms with Gasteiger partial charge in [-0.05, 0) is 39.2 Å². The molecule has 1 aromatic carbocycles. The van der Waals surface area contributed by atoms with E-state index in [0.717, 1.165) is 48.4 Å². The molecule has 1 saturated heterocycles. The molecule has 4 rings (SSSR count). The molecule has 2 aromatic heterocycles. The first-order chi connectivity index (χ1) is 13.5. The molecule has 0 aliphatic carbocycles. The van der Waals surface area contributed by atoms with E-state index in [2.05, 4.69) is 59.7 Å². The van der Waals surface area contributed by atoms with Crippen LogP contribution in [0.4, 0.5) is 0 Å². The second kappa shape index (κ2) is 8.09. The lowest BCUT2D eigenvalue weighted by atomic mass is 10.1. The average Bonchev–Trinajstić information content (AvgIpc) is 3.42. The van der Waals surface area contributed by atoms with Crippen molar-refractivity contribution in [3.63, 3.8) is 0 Å². The van der Waals surface area contributed by atoms with Crippen LogP contribution >= 0.6 is 11.8 Å². The van der Waals surface area contributed by atoms with Crippen LogP contribution < -0.4 is 0 Å². The van der Waals surface area contributed by atoms with E-state index in [0.29, 0.717) is 0 Å². The predicted molar refractivity (Wildman–Crippen MR) is 111 cm³/mol. The van der Waals surface area contributed by atoms with Gasteiger partial charge in [0.15, 0.2) is 5.16 Å². The lowest BCUT2D eigenvalue weighted by Gasteiger charge is -2.21. The minimum absolute atomic E-state index is 0.0886. The molecule has 1 atom stereocenters. The van der Waals surface area contributed by atoms with E-state index < -0.39 is 0 Å². The smallest absolute Gasteiger partial charge is 0.168 e. The molecule has 1 unspecified atom stereocenters. The van der Waals surface area contributed by atoms with Crippen LogP contribution in [0.2, 0.25) is 0 Å². The van der Waals surface area contributed by atoms with Crippen molar-refractivity contribution in [2.75, 3.05) is 6.61 Å². The third-order valence-electron chi connectivity index (χ3n) is 4.88. The summed E-state index contributed by atoms with van der Waals surface area (Å²) in [5, 5.41) is 5.40. The van der Waals surface area contributed by atoms with E-state index in [1.807, 2.05) is 16.9 Å². The number of benzene rings is 1. The van der Waals surface area contributed by atoms with Crippen molar-refractivity contribution in [3.8, 4) is 11.3 Å². The van der Waals surface area contributed by atoms with Crippen LogP contribution in [0.25, 0.3) is 11.3 Å². The highest BCUT2D eigenvalue weighted by molar-refractivity contribution is 7.98. The molecule has 0 saturated carbocycles. The van der Waals surface area contributed by atoms with Gasteiger partial charge in [0.2, 0.25) is 0 Å². The average molecular weight is 398 g/mol. The van der Waals surface area contributed by atoms with Crippen LogP contribution in [0.1, 0.15) is 39.4 Å². The van der Waals surface area contributed by atoms with Crippen molar-refractivity contribution in [2.45, 2.75) is 62.7 Å². The Bertz CT molecular complexity index is 907. The Morgan fingerprint density at radius 3 is 2.71 bits per heavy atom. The number of rotatable bonds is 6. The van der Waals surface area contributed by atoms with Gasteiger partial charge in [-0.25, -0.2) is 14.6 Å². The quantitative estimate of drug-likeness (QED) is 0.578. The fourth-order valence-electron chi connectivity index (χ4n) is 3.53. The molecule has 0 amide bonds. The summed E-state index contributed by atoms with van der Waals surface area (Å²) < 4.78 is 10.2. The lowest BCUT2D eigenvalue weighted by Crippen LogP contribution is -2.25. The molecular formula is C21H27N5OS. The Hall–Kier alpha value is -2.12. The zero-order chi connectivity index (χ0) is 19.6. The molecule has 1 aliphatic heterocycles. The van der Waals surface area contributed by atoms with Gasteiger partial charge in [0.05, 0.1) is 35.8 Å². The maximum atomic E-state index is 5.90. The molecule has 1 fully saturated rings. The van der Waals surface area contributed by atoms with E-state index in [-0.39, 0.29) is 11.6 Å². The van der Waals surface area contributed by atoms with E-state index >= 15 is 0 Å². The molecule has 148 valence electrons. The minimum atomic E-state index is -0.0886. The summed E-state index contributed by atoms with van der Waals surface area (Å²) in [6.45, 7) is 8.11. The van der Waals surface area contributed by atoms with Crippen LogP contribution in [0, 0.1) is 0 Å². The van der Waals surface area contributed by atoms with Crippen LogP contribution in [-0.2, 0) is 22.6 Å². The molecule has 1 aliphatic rings. The van der Waals surface area contributed by atoms with Crippen molar-refractivity contribution >= 4 is 11.8 Å². The number of aromatic nitrogens is 5. The maximum absolute atomic E-state index is 5.90. The van der Waals surface area contributed by atoms with Crippen molar-refractivity contribution in [1.29, 1.82) is 0 Å². The highest BCUT2D eigenvalue weighted by Gasteiger charge is 2.22.